The summed E-state index contributed by atoms with van der Waals surface area (Å²) in [4.78, 5) is 0. The summed E-state index contributed by atoms with van der Waals surface area (Å²) in [5, 5.41) is 0. The van der Waals surface area contributed by atoms with E-state index in [2.05, 4.69) is 90.7 Å². The second-order valence-electron chi connectivity index (χ2n) is 8.88. The van der Waals surface area contributed by atoms with Gasteiger partial charge in [-0.05, 0) is 70.7 Å². The Morgan fingerprint density at radius 1 is 1.20 bits per heavy atom. The molecule has 0 atom stereocenters. The van der Waals surface area contributed by atoms with Gasteiger partial charge in [-0.2, -0.15) is 0 Å². The maximum Gasteiger partial charge on any atom is 0.183 e. The molecule has 0 aliphatic heterocycles. The molecule has 140 valence electrons. The topological polar surface area (TPSA) is 9.23 Å². The standard InChI is InChI=1S/C23H38OSi/c1-19(11-9-12-20(2)16-18-24-25(6,7)8)14-15-22-21(3)13-10-17-23(22,4)5/h9,11-15H,10,16-18H2,1-8H3/b11-9+,19-14+,20-12+,22-15+. The lowest BCUT2D eigenvalue weighted by Gasteiger charge is -2.32. The first-order valence-electron chi connectivity index (χ1n) is 9.55. The van der Waals surface area contributed by atoms with Crippen molar-refractivity contribution in [3.8, 4) is 0 Å². The van der Waals surface area contributed by atoms with Gasteiger partial charge in [-0.15, -0.1) is 0 Å². The molecule has 0 aromatic heterocycles. The molecule has 0 aromatic rings. The van der Waals surface area contributed by atoms with E-state index in [1.807, 2.05) is 0 Å². The zero-order valence-electron chi connectivity index (χ0n) is 17.7. The van der Waals surface area contributed by atoms with Gasteiger partial charge in [0.15, 0.2) is 8.32 Å². The third-order valence-corrected chi connectivity index (χ3v) is 5.73. The first-order chi connectivity index (χ1) is 11.5. The Kier molecular flexibility index (Phi) is 8.36. The Balaban J connectivity index is 2.64. The predicted molar refractivity (Wildman–Crippen MR) is 115 cm³/mol. The van der Waals surface area contributed by atoms with E-state index in [0.717, 1.165) is 13.0 Å². The van der Waals surface area contributed by atoms with Crippen LogP contribution in [0.25, 0.3) is 0 Å². The third kappa shape index (κ3) is 8.69. The van der Waals surface area contributed by atoms with E-state index in [0.29, 0.717) is 0 Å². The number of hydrogen-bond donors (Lipinski definition) is 0. The number of allylic oxidation sites excluding steroid dienone is 9. The summed E-state index contributed by atoms with van der Waals surface area (Å²) in [7, 11) is -1.38. The highest BCUT2D eigenvalue weighted by Crippen LogP contribution is 2.40. The third-order valence-electron chi connectivity index (χ3n) is 4.66. The Morgan fingerprint density at radius 2 is 1.88 bits per heavy atom. The maximum absolute atomic E-state index is 5.91. The fourth-order valence-corrected chi connectivity index (χ4v) is 3.74. The van der Waals surface area contributed by atoms with Crippen LogP contribution in [0.5, 0.6) is 0 Å². The summed E-state index contributed by atoms with van der Waals surface area (Å²) in [6.07, 6.45) is 16.9. The zero-order chi connectivity index (χ0) is 19.1. The summed E-state index contributed by atoms with van der Waals surface area (Å²) in [6.45, 7) is 18.8. The fourth-order valence-electron chi connectivity index (χ4n) is 3.02. The Labute approximate surface area is 157 Å². The van der Waals surface area contributed by atoms with Crippen LogP contribution in [0.1, 0.15) is 53.9 Å². The molecule has 0 amide bonds. The van der Waals surface area contributed by atoms with Crippen molar-refractivity contribution < 1.29 is 4.43 Å². The van der Waals surface area contributed by atoms with Crippen LogP contribution >= 0.6 is 0 Å². The van der Waals surface area contributed by atoms with E-state index in [-0.39, 0.29) is 5.41 Å². The Bertz CT molecular complexity index is 592. The molecule has 0 heterocycles. The molecule has 0 bridgehead atoms. The van der Waals surface area contributed by atoms with E-state index < -0.39 is 8.32 Å². The molecule has 25 heavy (non-hydrogen) atoms. The molecule has 0 saturated carbocycles. The van der Waals surface area contributed by atoms with Gasteiger partial charge in [0.1, 0.15) is 0 Å². The van der Waals surface area contributed by atoms with E-state index in [9.17, 15) is 0 Å². The minimum absolute atomic E-state index is 0.284. The first kappa shape index (κ1) is 21.9. The van der Waals surface area contributed by atoms with Gasteiger partial charge in [-0.25, -0.2) is 0 Å². The quantitative estimate of drug-likeness (QED) is 0.341. The van der Waals surface area contributed by atoms with E-state index in [1.54, 1.807) is 0 Å². The average Bonchev–Trinajstić information content (AvgIpc) is 2.44. The van der Waals surface area contributed by atoms with Crippen molar-refractivity contribution in [2.45, 2.75) is 73.5 Å². The lowest BCUT2D eigenvalue weighted by atomic mass is 9.73. The normalized spacial score (nSPS) is 21.1. The lowest BCUT2D eigenvalue weighted by Crippen LogP contribution is -2.25. The summed E-state index contributed by atoms with van der Waals surface area (Å²) in [5.41, 5.74) is 5.84. The summed E-state index contributed by atoms with van der Waals surface area (Å²) in [6, 6.07) is 0. The van der Waals surface area contributed by atoms with Crippen LogP contribution in [0, 0.1) is 5.41 Å². The molecule has 1 aliphatic rings. The molecule has 2 heteroatoms. The van der Waals surface area contributed by atoms with Crippen LogP contribution in [-0.4, -0.2) is 14.9 Å². The van der Waals surface area contributed by atoms with Gasteiger partial charge in [0.25, 0.3) is 0 Å². The summed E-state index contributed by atoms with van der Waals surface area (Å²) >= 11 is 0. The second-order valence-corrected chi connectivity index (χ2v) is 13.4. The lowest BCUT2D eigenvalue weighted by molar-refractivity contribution is 0.315. The minimum Gasteiger partial charge on any atom is -0.417 e. The molecule has 1 nitrogen and oxygen atoms in total. The van der Waals surface area contributed by atoms with Crippen LogP contribution in [0.4, 0.5) is 0 Å². The van der Waals surface area contributed by atoms with Crippen LogP contribution in [0.3, 0.4) is 0 Å². The van der Waals surface area contributed by atoms with Crippen molar-refractivity contribution in [3.63, 3.8) is 0 Å². The summed E-state index contributed by atoms with van der Waals surface area (Å²) < 4.78 is 5.91. The van der Waals surface area contributed by atoms with Gasteiger partial charge < -0.3 is 4.43 Å². The fraction of sp³-hybridized carbons (Fsp3) is 0.565. The molecule has 0 spiro atoms. The van der Waals surface area contributed by atoms with E-state index in [4.69, 9.17) is 4.43 Å². The predicted octanol–water partition coefficient (Wildman–Crippen LogP) is 7.37. The molecule has 0 saturated heterocycles. The molecule has 0 fully saturated rings. The van der Waals surface area contributed by atoms with Gasteiger partial charge in [0.2, 0.25) is 0 Å². The highest BCUT2D eigenvalue weighted by Gasteiger charge is 2.26. The van der Waals surface area contributed by atoms with E-state index >= 15 is 0 Å². The van der Waals surface area contributed by atoms with Crippen molar-refractivity contribution in [2.24, 2.45) is 5.41 Å². The summed E-state index contributed by atoms with van der Waals surface area (Å²) in [5.74, 6) is 0. The maximum atomic E-state index is 5.91. The molecule has 0 radical (unpaired) electrons. The van der Waals surface area contributed by atoms with Gasteiger partial charge in [0, 0.05) is 6.61 Å². The van der Waals surface area contributed by atoms with Crippen LogP contribution < -0.4 is 0 Å². The van der Waals surface area contributed by atoms with Crippen molar-refractivity contribution in [1.29, 1.82) is 0 Å². The Hall–Kier alpha value is -1.12. The van der Waals surface area contributed by atoms with Crippen molar-refractivity contribution in [2.75, 3.05) is 6.61 Å². The Morgan fingerprint density at radius 3 is 2.48 bits per heavy atom. The van der Waals surface area contributed by atoms with Crippen molar-refractivity contribution in [3.05, 3.63) is 58.7 Å². The zero-order valence-corrected chi connectivity index (χ0v) is 18.7. The molecule has 0 unspecified atom stereocenters. The van der Waals surface area contributed by atoms with Crippen LogP contribution in [0.15, 0.2) is 58.7 Å². The van der Waals surface area contributed by atoms with Gasteiger partial charge in [-0.3, -0.25) is 0 Å². The van der Waals surface area contributed by atoms with Gasteiger partial charge in [0.05, 0.1) is 0 Å². The molecular weight excluding hydrogens is 320 g/mol. The van der Waals surface area contributed by atoms with Crippen molar-refractivity contribution >= 4 is 8.32 Å². The largest absolute Gasteiger partial charge is 0.417 e. The molecule has 1 rings (SSSR count). The number of hydrogen-bond acceptors (Lipinski definition) is 1. The van der Waals surface area contributed by atoms with E-state index in [1.165, 1.54) is 35.1 Å². The average molecular weight is 359 g/mol. The minimum atomic E-state index is -1.38. The SMILES string of the molecule is CC1=CCCC(C)(C)/C1=C/C=C(C)/C=C/C=C(\C)CCO[Si](C)(C)C. The van der Waals surface area contributed by atoms with Gasteiger partial charge >= 0.3 is 0 Å². The second kappa shape index (κ2) is 9.54. The van der Waals surface area contributed by atoms with Crippen LogP contribution in [0.2, 0.25) is 19.6 Å². The molecular formula is C23H38OSi. The smallest absolute Gasteiger partial charge is 0.183 e. The van der Waals surface area contributed by atoms with Gasteiger partial charge in [-0.1, -0.05) is 67.0 Å². The highest BCUT2D eigenvalue weighted by molar-refractivity contribution is 6.69. The number of rotatable bonds is 7. The monoisotopic (exact) mass is 358 g/mol. The molecule has 1 aliphatic carbocycles. The van der Waals surface area contributed by atoms with Crippen molar-refractivity contribution in [1.82, 2.24) is 0 Å². The van der Waals surface area contributed by atoms with Crippen LogP contribution in [-0.2, 0) is 4.43 Å². The highest BCUT2D eigenvalue weighted by atomic mass is 28.4. The first-order valence-corrected chi connectivity index (χ1v) is 13.0. The molecule has 0 aromatic carbocycles. The molecule has 0 N–H and O–H groups in total.